The van der Waals surface area contributed by atoms with Crippen molar-refractivity contribution in [2.24, 2.45) is 0 Å². The number of anilines is 1. The lowest BCUT2D eigenvalue weighted by molar-refractivity contribution is -0.123. The van der Waals surface area contributed by atoms with E-state index in [1.807, 2.05) is 6.07 Å². The normalized spacial score (nSPS) is 10.1. The Bertz CT molecular complexity index is 644. The highest BCUT2D eigenvalue weighted by Gasteiger charge is 2.15. The largest absolute Gasteiger partial charge is 0.350 e. The van der Waals surface area contributed by atoms with Crippen LogP contribution >= 0.6 is 0 Å². The predicted molar refractivity (Wildman–Crippen MR) is 80.5 cm³/mol. The number of amides is 2. The van der Waals surface area contributed by atoms with Gasteiger partial charge in [0.2, 0.25) is 11.8 Å². The molecule has 0 saturated carbocycles. The lowest BCUT2D eigenvalue weighted by atomic mass is 10.2. The van der Waals surface area contributed by atoms with E-state index in [2.05, 4.69) is 10.3 Å². The molecule has 114 valence electrons. The molecule has 6 heteroatoms. The lowest BCUT2D eigenvalue weighted by Gasteiger charge is -2.20. The number of halogens is 1. The maximum atomic E-state index is 12.9. The first-order valence-electron chi connectivity index (χ1n) is 6.75. The van der Waals surface area contributed by atoms with Crippen molar-refractivity contribution in [3.05, 3.63) is 60.2 Å². The minimum absolute atomic E-state index is 0.124. The molecule has 2 amide bonds. The summed E-state index contributed by atoms with van der Waals surface area (Å²) in [6.07, 6.45) is 3.31. The van der Waals surface area contributed by atoms with Crippen molar-refractivity contribution in [1.82, 2.24) is 10.3 Å². The molecule has 5 nitrogen and oxygen atoms in total. The van der Waals surface area contributed by atoms with Crippen LogP contribution in [-0.2, 0) is 16.1 Å². The summed E-state index contributed by atoms with van der Waals surface area (Å²) in [6, 6.07) is 9.05. The van der Waals surface area contributed by atoms with E-state index in [-0.39, 0.29) is 18.4 Å². The van der Waals surface area contributed by atoms with Gasteiger partial charge in [0.15, 0.2) is 0 Å². The summed E-state index contributed by atoms with van der Waals surface area (Å²) < 4.78 is 12.9. The number of aromatic nitrogens is 1. The van der Waals surface area contributed by atoms with Crippen LogP contribution in [0, 0.1) is 5.82 Å². The van der Waals surface area contributed by atoms with Gasteiger partial charge in [-0.3, -0.25) is 14.6 Å². The second-order valence-corrected chi connectivity index (χ2v) is 4.72. The molecule has 0 bridgehead atoms. The average Bonchev–Trinajstić information content (AvgIpc) is 2.52. The molecule has 0 radical (unpaired) electrons. The highest BCUT2D eigenvalue weighted by atomic mass is 19.1. The van der Waals surface area contributed by atoms with E-state index >= 15 is 0 Å². The van der Waals surface area contributed by atoms with E-state index < -0.39 is 5.82 Å². The van der Waals surface area contributed by atoms with E-state index in [0.29, 0.717) is 12.2 Å². The van der Waals surface area contributed by atoms with Crippen molar-refractivity contribution in [1.29, 1.82) is 0 Å². The minimum atomic E-state index is -0.395. The van der Waals surface area contributed by atoms with Gasteiger partial charge < -0.3 is 10.2 Å². The number of pyridine rings is 1. The third-order valence-electron chi connectivity index (χ3n) is 3.03. The first-order chi connectivity index (χ1) is 10.6. The molecular formula is C16H16FN3O2. The second-order valence-electron chi connectivity index (χ2n) is 4.72. The average molecular weight is 301 g/mol. The molecule has 0 aliphatic heterocycles. The van der Waals surface area contributed by atoms with Gasteiger partial charge in [-0.15, -0.1) is 0 Å². The van der Waals surface area contributed by atoms with E-state index in [4.69, 9.17) is 0 Å². The number of hydrogen-bond donors (Lipinski definition) is 1. The second kappa shape index (κ2) is 7.31. The van der Waals surface area contributed by atoms with Crippen LogP contribution in [0.3, 0.4) is 0 Å². The van der Waals surface area contributed by atoms with Crippen molar-refractivity contribution in [2.75, 3.05) is 11.4 Å². The topological polar surface area (TPSA) is 62.3 Å². The van der Waals surface area contributed by atoms with Crippen LogP contribution in [0.25, 0.3) is 0 Å². The quantitative estimate of drug-likeness (QED) is 0.917. The smallest absolute Gasteiger partial charge is 0.240 e. The van der Waals surface area contributed by atoms with Crippen LogP contribution in [0.2, 0.25) is 0 Å². The number of rotatable bonds is 5. The Morgan fingerprint density at radius 3 is 2.55 bits per heavy atom. The fraction of sp³-hybridized carbons (Fsp3) is 0.188. The molecular weight excluding hydrogens is 285 g/mol. The molecule has 1 aromatic heterocycles. The van der Waals surface area contributed by atoms with Crippen LogP contribution < -0.4 is 10.2 Å². The van der Waals surface area contributed by atoms with Crippen molar-refractivity contribution >= 4 is 17.5 Å². The van der Waals surface area contributed by atoms with Crippen LogP contribution in [0.15, 0.2) is 48.8 Å². The molecule has 0 atom stereocenters. The zero-order chi connectivity index (χ0) is 15.9. The van der Waals surface area contributed by atoms with Crippen molar-refractivity contribution in [2.45, 2.75) is 13.5 Å². The Balaban J connectivity index is 1.97. The van der Waals surface area contributed by atoms with Gasteiger partial charge in [-0.2, -0.15) is 0 Å². The number of carbonyl (C=O) groups is 2. The Labute approximate surface area is 127 Å². The van der Waals surface area contributed by atoms with E-state index in [1.165, 1.54) is 36.1 Å². The van der Waals surface area contributed by atoms with E-state index in [9.17, 15) is 14.0 Å². The fourth-order valence-corrected chi connectivity index (χ4v) is 1.91. The summed E-state index contributed by atoms with van der Waals surface area (Å²) in [5.74, 6) is -0.986. The number of carbonyl (C=O) groups excluding carboxylic acids is 2. The third kappa shape index (κ3) is 4.37. The first kappa shape index (κ1) is 15.6. The van der Waals surface area contributed by atoms with Gasteiger partial charge in [0.1, 0.15) is 12.4 Å². The number of benzene rings is 1. The van der Waals surface area contributed by atoms with Gasteiger partial charge in [0, 0.05) is 31.5 Å². The van der Waals surface area contributed by atoms with Crippen molar-refractivity contribution in [3.63, 3.8) is 0 Å². The predicted octanol–water partition coefficient (Wildman–Crippen LogP) is 1.89. The van der Waals surface area contributed by atoms with Crippen LogP contribution in [0.1, 0.15) is 12.5 Å². The zero-order valence-electron chi connectivity index (χ0n) is 12.1. The highest BCUT2D eigenvalue weighted by molar-refractivity contribution is 5.97. The zero-order valence-corrected chi connectivity index (χ0v) is 12.1. The Kier molecular flexibility index (Phi) is 5.19. The highest BCUT2D eigenvalue weighted by Crippen LogP contribution is 2.14. The molecule has 1 aromatic carbocycles. The first-order valence-corrected chi connectivity index (χ1v) is 6.75. The van der Waals surface area contributed by atoms with Gasteiger partial charge in [-0.25, -0.2) is 4.39 Å². The standard InChI is InChI=1S/C16H16FN3O2/c1-12(21)20(15-6-4-14(17)5-7-15)11-16(22)19-10-13-3-2-8-18-9-13/h2-9H,10-11H2,1H3,(H,19,22). The van der Waals surface area contributed by atoms with Gasteiger partial charge in [-0.05, 0) is 35.9 Å². The monoisotopic (exact) mass is 301 g/mol. The van der Waals surface area contributed by atoms with Crippen molar-refractivity contribution < 1.29 is 14.0 Å². The van der Waals surface area contributed by atoms with Gasteiger partial charge in [0.25, 0.3) is 0 Å². The molecule has 2 rings (SSSR count). The number of nitrogens with one attached hydrogen (secondary N) is 1. The summed E-state index contributed by atoms with van der Waals surface area (Å²) in [6.45, 7) is 1.57. The molecule has 0 saturated heterocycles. The summed E-state index contributed by atoms with van der Waals surface area (Å²) in [5, 5.41) is 2.72. The third-order valence-corrected chi connectivity index (χ3v) is 3.03. The Morgan fingerprint density at radius 1 is 1.23 bits per heavy atom. The molecule has 0 aliphatic carbocycles. The van der Waals surface area contributed by atoms with Crippen LogP contribution in [0.4, 0.5) is 10.1 Å². The molecule has 0 aliphatic rings. The van der Waals surface area contributed by atoms with Crippen LogP contribution in [0.5, 0.6) is 0 Å². The molecule has 1 heterocycles. The van der Waals surface area contributed by atoms with Gasteiger partial charge in [-0.1, -0.05) is 6.07 Å². The molecule has 0 unspecified atom stereocenters. The minimum Gasteiger partial charge on any atom is -0.350 e. The number of nitrogens with zero attached hydrogens (tertiary/aromatic N) is 2. The van der Waals surface area contributed by atoms with Crippen molar-refractivity contribution in [3.8, 4) is 0 Å². The molecule has 0 spiro atoms. The summed E-state index contributed by atoms with van der Waals surface area (Å²) in [7, 11) is 0. The number of hydrogen-bond acceptors (Lipinski definition) is 3. The fourth-order valence-electron chi connectivity index (χ4n) is 1.91. The lowest BCUT2D eigenvalue weighted by Crippen LogP contribution is -2.39. The molecule has 0 fully saturated rings. The summed E-state index contributed by atoms with van der Waals surface area (Å²) >= 11 is 0. The molecule has 22 heavy (non-hydrogen) atoms. The van der Waals surface area contributed by atoms with Gasteiger partial charge in [0.05, 0.1) is 0 Å². The maximum absolute atomic E-state index is 12.9. The Morgan fingerprint density at radius 2 is 1.95 bits per heavy atom. The molecule has 2 aromatic rings. The van der Waals surface area contributed by atoms with Crippen LogP contribution in [-0.4, -0.2) is 23.3 Å². The summed E-state index contributed by atoms with van der Waals surface area (Å²) in [5.41, 5.74) is 1.34. The maximum Gasteiger partial charge on any atom is 0.240 e. The van der Waals surface area contributed by atoms with E-state index in [0.717, 1.165) is 5.56 Å². The van der Waals surface area contributed by atoms with Gasteiger partial charge >= 0.3 is 0 Å². The Hall–Kier alpha value is -2.76. The molecule has 1 N–H and O–H groups in total. The summed E-state index contributed by atoms with van der Waals surface area (Å²) in [4.78, 5) is 28.9. The SMILES string of the molecule is CC(=O)N(CC(=O)NCc1cccnc1)c1ccc(F)cc1. The van der Waals surface area contributed by atoms with E-state index in [1.54, 1.807) is 18.5 Å².